The number of nitrogens with one attached hydrogen (secondary N) is 1. The van der Waals surface area contributed by atoms with Gasteiger partial charge in [0.2, 0.25) is 0 Å². The number of carbonyl (C=O) groups is 2. The highest BCUT2D eigenvalue weighted by Gasteiger charge is 2.45. The van der Waals surface area contributed by atoms with Gasteiger partial charge >= 0.3 is 5.97 Å². The van der Waals surface area contributed by atoms with Gasteiger partial charge in [0.1, 0.15) is 5.54 Å². The third-order valence-corrected chi connectivity index (χ3v) is 4.73. The zero-order valence-electron chi connectivity index (χ0n) is 10.2. The summed E-state index contributed by atoms with van der Waals surface area (Å²) < 4.78 is 1.03. The van der Waals surface area contributed by atoms with E-state index in [4.69, 9.17) is 0 Å². The van der Waals surface area contributed by atoms with E-state index >= 15 is 0 Å². The molecule has 2 aromatic rings. The maximum atomic E-state index is 12.2. The van der Waals surface area contributed by atoms with Crippen molar-refractivity contribution < 1.29 is 14.7 Å². The van der Waals surface area contributed by atoms with E-state index in [2.05, 4.69) is 5.32 Å². The fourth-order valence-corrected chi connectivity index (χ4v) is 3.25. The van der Waals surface area contributed by atoms with Crippen molar-refractivity contribution in [2.45, 2.75) is 24.8 Å². The molecule has 19 heavy (non-hydrogen) atoms. The predicted octanol–water partition coefficient (Wildman–Crippen LogP) is 2.64. The SMILES string of the molecule is O=C(NC1(C(=O)O)CCC1)c1cc2ccccc2s1. The Morgan fingerprint density at radius 2 is 2.00 bits per heavy atom. The fourth-order valence-electron chi connectivity index (χ4n) is 2.30. The molecule has 0 saturated heterocycles. The molecule has 0 spiro atoms. The zero-order valence-corrected chi connectivity index (χ0v) is 11.0. The van der Waals surface area contributed by atoms with E-state index in [1.54, 1.807) is 0 Å². The number of carboxylic acids is 1. The van der Waals surface area contributed by atoms with Gasteiger partial charge in [-0.1, -0.05) is 18.2 Å². The first-order valence-electron chi connectivity index (χ1n) is 6.15. The molecule has 0 unspecified atom stereocenters. The van der Waals surface area contributed by atoms with Crippen LogP contribution in [0.15, 0.2) is 30.3 Å². The molecule has 0 atom stereocenters. The second kappa shape index (κ2) is 4.35. The number of benzene rings is 1. The lowest BCUT2D eigenvalue weighted by Gasteiger charge is -2.38. The first kappa shape index (κ1) is 12.2. The highest BCUT2D eigenvalue weighted by atomic mass is 32.1. The normalized spacial score (nSPS) is 16.8. The fraction of sp³-hybridized carbons (Fsp3) is 0.286. The number of fused-ring (bicyclic) bond motifs is 1. The van der Waals surface area contributed by atoms with Gasteiger partial charge in [0.15, 0.2) is 0 Å². The number of carboxylic acid groups (broad SMARTS) is 1. The molecular weight excluding hydrogens is 262 g/mol. The molecule has 2 N–H and O–H groups in total. The Labute approximate surface area is 114 Å². The van der Waals surface area contributed by atoms with Crippen LogP contribution in [0, 0.1) is 0 Å². The zero-order chi connectivity index (χ0) is 13.5. The van der Waals surface area contributed by atoms with Gasteiger partial charge in [0.25, 0.3) is 5.91 Å². The summed E-state index contributed by atoms with van der Waals surface area (Å²) in [6.07, 6.45) is 1.87. The van der Waals surface area contributed by atoms with Crippen LogP contribution in [0.5, 0.6) is 0 Å². The van der Waals surface area contributed by atoms with Gasteiger partial charge in [0, 0.05) is 4.70 Å². The van der Waals surface area contributed by atoms with Gasteiger partial charge in [0.05, 0.1) is 4.88 Å². The van der Waals surface area contributed by atoms with Crippen molar-refractivity contribution in [3.63, 3.8) is 0 Å². The summed E-state index contributed by atoms with van der Waals surface area (Å²) in [4.78, 5) is 24.0. The lowest BCUT2D eigenvalue weighted by molar-refractivity contribution is -0.148. The second-order valence-electron chi connectivity index (χ2n) is 4.84. The van der Waals surface area contributed by atoms with Crippen molar-refractivity contribution in [3.05, 3.63) is 35.2 Å². The topological polar surface area (TPSA) is 66.4 Å². The van der Waals surface area contributed by atoms with Crippen molar-refractivity contribution in [2.24, 2.45) is 0 Å². The number of rotatable bonds is 3. The van der Waals surface area contributed by atoms with Crippen LogP contribution in [0.1, 0.15) is 28.9 Å². The number of hydrogen-bond acceptors (Lipinski definition) is 3. The Balaban J connectivity index is 1.86. The van der Waals surface area contributed by atoms with Gasteiger partial charge < -0.3 is 10.4 Å². The molecule has 98 valence electrons. The first-order chi connectivity index (χ1) is 9.11. The molecule has 1 aromatic heterocycles. The summed E-state index contributed by atoms with van der Waals surface area (Å²) in [5.74, 6) is -1.23. The molecule has 0 aliphatic heterocycles. The lowest BCUT2D eigenvalue weighted by atomic mass is 9.77. The molecule has 1 aromatic carbocycles. The van der Waals surface area contributed by atoms with E-state index < -0.39 is 11.5 Å². The van der Waals surface area contributed by atoms with Gasteiger partial charge in [-0.05, 0) is 36.8 Å². The largest absolute Gasteiger partial charge is 0.480 e. The minimum absolute atomic E-state index is 0.289. The number of carbonyl (C=O) groups excluding carboxylic acids is 1. The summed E-state index contributed by atoms with van der Waals surface area (Å²) >= 11 is 1.39. The molecule has 1 heterocycles. The Hall–Kier alpha value is -1.88. The van der Waals surface area contributed by atoms with E-state index in [9.17, 15) is 14.7 Å². The van der Waals surface area contributed by atoms with Crippen molar-refractivity contribution in [1.82, 2.24) is 5.32 Å². The molecule has 1 amide bonds. The number of thiophene rings is 1. The van der Waals surface area contributed by atoms with E-state index in [0.29, 0.717) is 17.7 Å². The van der Waals surface area contributed by atoms with Gasteiger partial charge in [-0.15, -0.1) is 11.3 Å². The highest BCUT2D eigenvalue weighted by molar-refractivity contribution is 7.20. The van der Waals surface area contributed by atoms with E-state index in [1.165, 1.54) is 11.3 Å². The maximum absolute atomic E-state index is 12.2. The summed E-state index contributed by atoms with van der Waals surface area (Å²) in [7, 11) is 0. The summed E-state index contributed by atoms with van der Waals surface area (Å²) in [6.45, 7) is 0. The van der Waals surface area contributed by atoms with Crippen molar-refractivity contribution in [1.29, 1.82) is 0 Å². The van der Waals surface area contributed by atoms with Crippen LogP contribution in [0.25, 0.3) is 10.1 Å². The molecule has 0 bridgehead atoms. The average Bonchev–Trinajstić information content (AvgIpc) is 2.76. The Bertz CT molecular complexity index is 625. The molecule has 1 aliphatic carbocycles. The Kier molecular flexibility index (Phi) is 2.78. The second-order valence-corrected chi connectivity index (χ2v) is 5.93. The minimum Gasteiger partial charge on any atom is -0.480 e. The van der Waals surface area contributed by atoms with Crippen LogP contribution >= 0.6 is 11.3 Å². The van der Waals surface area contributed by atoms with Crippen LogP contribution < -0.4 is 5.32 Å². The Morgan fingerprint density at radius 1 is 1.26 bits per heavy atom. The van der Waals surface area contributed by atoms with Crippen molar-refractivity contribution in [2.75, 3.05) is 0 Å². The number of aliphatic carboxylic acids is 1. The summed E-state index contributed by atoms with van der Waals surface area (Å²) in [5.41, 5.74) is -1.05. The molecule has 1 fully saturated rings. The third kappa shape index (κ3) is 2.00. The molecule has 5 heteroatoms. The van der Waals surface area contributed by atoms with Crippen LogP contribution in [-0.2, 0) is 4.79 Å². The quantitative estimate of drug-likeness (QED) is 0.905. The standard InChI is InChI=1S/C14H13NO3S/c16-12(15-14(13(17)18)6-3-7-14)11-8-9-4-1-2-5-10(9)19-11/h1-2,4-5,8H,3,6-7H2,(H,15,16)(H,17,18). The number of amides is 1. The molecule has 1 saturated carbocycles. The molecular formula is C14H13NO3S. The monoisotopic (exact) mass is 275 g/mol. The van der Waals surface area contributed by atoms with Crippen molar-refractivity contribution >= 4 is 33.3 Å². The van der Waals surface area contributed by atoms with Crippen molar-refractivity contribution in [3.8, 4) is 0 Å². The molecule has 3 rings (SSSR count). The number of hydrogen-bond donors (Lipinski definition) is 2. The smallest absolute Gasteiger partial charge is 0.329 e. The highest BCUT2D eigenvalue weighted by Crippen LogP contribution is 2.33. The van der Waals surface area contributed by atoms with E-state index in [1.807, 2.05) is 30.3 Å². The van der Waals surface area contributed by atoms with Gasteiger partial charge in [-0.3, -0.25) is 4.79 Å². The van der Waals surface area contributed by atoms with Crippen LogP contribution in [-0.4, -0.2) is 22.5 Å². The molecule has 0 radical (unpaired) electrons. The average molecular weight is 275 g/mol. The summed E-state index contributed by atoms with van der Waals surface area (Å²) in [6, 6.07) is 9.54. The minimum atomic E-state index is -1.05. The van der Waals surface area contributed by atoms with Gasteiger partial charge in [-0.25, -0.2) is 4.79 Å². The Morgan fingerprint density at radius 3 is 2.58 bits per heavy atom. The van der Waals surface area contributed by atoms with E-state index in [0.717, 1.165) is 16.5 Å². The van der Waals surface area contributed by atoms with Crippen LogP contribution in [0.2, 0.25) is 0 Å². The van der Waals surface area contributed by atoms with Crippen LogP contribution in [0.3, 0.4) is 0 Å². The molecule has 4 nitrogen and oxygen atoms in total. The van der Waals surface area contributed by atoms with E-state index in [-0.39, 0.29) is 5.91 Å². The first-order valence-corrected chi connectivity index (χ1v) is 6.97. The lowest BCUT2D eigenvalue weighted by Crippen LogP contribution is -2.59. The maximum Gasteiger partial charge on any atom is 0.329 e. The molecule has 1 aliphatic rings. The van der Waals surface area contributed by atoms with Crippen LogP contribution in [0.4, 0.5) is 0 Å². The van der Waals surface area contributed by atoms with Gasteiger partial charge in [-0.2, -0.15) is 0 Å². The third-order valence-electron chi connectivity index (χ3n) is 3.62. The summed E-state index contributed by atoms with van der Waals surface area (Å²) in [5, 5.41) is 12.9. The predicted molar refractivity (Wildman–Crippen MR) is 73.5 cm³/mol.